The third-order valence-corrected chi connectivity index (χ3v) is 5.37. The van der Waals surface area contributed by atoms with E-state index in [1.54, 1.807) is 0 Å². The number of ether oxygens (including phenoxy) is 2. The van der Waals surface area contributed by atoms with Crippen LogP contribution in [0, 0.1) is 0 Å². The average molecular weight is 362 g/mol. The largest absolute Gasteiger partial charge is 0.494 e. The maximum atomic E-state index is 5.94. The van der Waals surface area contributed by atoms with Crippen LogP contribution in [-0.4, -0.2) is 87.4 Å². The molecule has 2 aliphatic rings. The molecule has 0 N–H and O–H groups in total. The second-order valence-corrected chi connectivity index (χ2v) is 7.83. The van der Waals surface area contributed by atoms with Gasteiger partial charge in [-0.05, 0) is 57.6 Å². The van der Waals surface area contributed by atoms with Gasteiger partial charge in [-0.2, -0.15) is 0 Å². The second kappa shape index (κ2) is 10.3. The topological polar surface area (TPSA) is 28.2 Å². The Kier molecular flexibility index (Phi) is 7.74. The van der Waals surface area contributed by atoms with Crippen LogP contribution in [0.15, 0.2) is 24.3 Å². The summed E-state index contributed by atoms with van der Waals surface area (Å²) in [4.78, 5) is 7.43. The Balaban J connectivity index is 1.47. The molecule has 0 aromatic heterocycles. The number of morpholine rings is 1. The molecule has 0 amide bonds. The molecule has 5 nitrogen and oxygen atoms in total. The highest BCUT2D eigenvalue weighted by atomic mass is 16.5. The van der Waals surface area contributed by atoms with Crippen LogP contribution < -0.4 is 4.74 Å². The minimum Gasteiger partial charge on any atom is -0.494 e. The zero-order chi connectivity index (χ0) is 18.2. The Morgan fingerprint density at radius 3 is 2.85 bits per heavy atom. The summed E-state index contributed by atoms with van der Waals surface area (Å²) in [6, 6.07) is 9.34. The molecular formula is C21H35N3O2. The quantitative estimate of drug-likeness (QED) is 0.663. The molecule has 146 valence electrons. The molecule has 26 heavy (non-hydrogen) atoms. The normalized spacial score (nSPS) is 22.7. The van der Waals surface area contributed by atoms with Gasteiger partial charge in [-0.25, -0.2) is 0 Å². The Bertz CT molecular complexity index is 532. The van der Waals surface area contributed by atoms with Crippen molar-refractivity contribution in [1.29, 1.82) is 0 Å². The maximum absolute atomic E-state index is 5.94. The first kappa shape index (κ1) is 19.6. The molecule has 0 radical (unpaired) electrons. The number of piperidine rings is 1. The number of hydrogen-bond donors (Lipinski definition) is 0. The second-order valence-electron chi connectivity index (χ2n) is 7.83. The predicted molar refractivity (Wildman–Crippen MR) is 106 cm³/mol. The minimum absolute atomic E-state index is 0.693. The van der Waals surface area contributed by atoms with E-state index >= 15 is 0 Å². The third-order valence-electron chi connectivity index (χ3n) is 5.37. The van der Waals surface area contributed by atoms with Crippen LogP contribution in [0.1, 0.15) is 24.8 Å². The van der Waals surface area contributed by atoms with E-state index in [0.29, 0.717) is 6.04 Å². The average Bonchev–Trinajstić information content (AvgIpc) is 2.66. The molecule has 3 rings (SSSR count). The molecular weight excluding hydrogens is 326 g/mol. The van der Waals surface area contributed by atoms with Gasteiger partial charge in [-0.15, -0.1) is 0 Å². The molecule has 2 aliphatic heterocycles. The Morgan fingerprint density at radius 2 is 2.04 bits per heavy atom. The van der Waals surface area contributed by atoms with Gasteiger partial charge in [0.2, 0.25) is 0 Å². The molecule has 1 unspecified atom stereocenters. The molecule has 1 aromatic carbocycles. The van der Waals surface area contributed by atoms with E-state index in [0.717, 1.165) is 58.2 Å². The Labute approximate surface area is 158 Å². The van der Waals surface area contributed by atoms with E-state index in [2.05, 4.69) is 53.1 Å². The monoisotopic (exact) mass is 361 g/mol. The minimum atomic E-state index is 0.693. The fraction of sp³-hybridized carbons (Fsp3) is 0.714. The van der Waals surface area contributed by atoms with Crippen LogP contribution in [0.4, 0.5) is 0 Å². The molecule has 0 bridgehead atoms. The van der Waals surface area contributed by atoms with Crippen molar-refractivity contribution in [3.8, 4) is 5.75 Å². The van der Waals surface area contributed by atoms with Gasteiger partial charge in [0.15, 0.2) is 0 Å². The van der Waals surface area contributed by atoms with E-state index in [4.69, 9.17) is 9.47 Å². The van der Waals surface area contributed by atoms with Gasteiger partial charge >= 0.3 is 0 Å². The fourth-order valence-corrected chi connectivity index (χ4v) is 3.98. The summed E-state index contributed by atoms with van der Waals surface area (Å²) in [6.45, 7) is 9.22. The van der Waals surface area contributed by atoms with Crippen molar-refractivity contribution in [3.05, 3.63) is 29.8 Å². The Morgan fingerprint density at radius 1 is 1.19 bits per heavy atom. The number of hydrogen-bond acceptors (Lipinski definition) is 5. The first-order valence-electron chi connectivity index (χ1n) is 10.1. The molecule has 0 aliphatic carbocycles. The Hall–Kier alpha value is -1.14. The fourth-order valence-electron chi connectivity index (χ4n) is 3.98. The van der Waals surface area contributed by atoms with Crippen molar-refractivity contribution in [2.45, 2.75) is 31.8 Å². The van der Waals surface area contributed by atoms with Gasteiger partial charge in [0.1, 0.15) is 5.75 Å². The summed E-state index contributed by atoms with van der Waals surface area (Å²) in [5.74, 6) is 1.00. The van der Waals surface area contributed by atoms with E-state index in [9.17, 15) is 0 Å². The lowest BCUT2D eigenvalue weighted by atomic mass is 10.0. The van der Waals surface area contributed by atoms with E-state index in [1.165, 1.54) is 31.5 Å². The van der Waals surface area contributed by atoms with Crippen molar-refractivity contribution in [1.82, 2.24) is 14.7 Å². The first-order chi connectivity index (χ1) is 12.7. The SMILES string of the molecule is CN(C)CCCOc1cccc(CN2CCCC(N3CCOCC3)C2)c1. The van der Waals surface area contributed by atoms with Crippen LogP contribution in [0.2, 0.25) is 0 Å². The van der Waals surface area contributed by atoms with Crippen LogP contribution in [0.25, 0.3) is 0 Å². The molecule has 0 spiro atoms. The lowest BCUT2D eigenvalue weighted by molar-refractivity contribution is -0.00358. The van der Waals surface area contributed by atoms with Gasteiger partial charge < -0.3 is 14.4 Å². The zero-order valence-corrected chi connectivity index (χ0v) is 16.5. The van der Waals surface area contributed by atoms with Crippen LogP contribution >= 0.6 is 0 Å². The van der Waals surface area contributed by atoms with Crippen molar-refractivity contribution < 1.29 is 9.47 Å². The summed E-state index contributed by atoms with van der Waals surface area (Å²) in [6.07, 6.45) is 3.68. The zero-order valence-electron chi connectivity index (χ0n) is 16.5. The number of nitrogens with zero attached hydrogens (tertiary/aromatic N) is 3. The summed E-state index contributed by atoms with van der Waals surface area (Å²) >= 11 is 0. The molecule has 1 aromatic rings. The number of likely N-dealkylation sites (tertiary alicyclic amines) is 1. The van der Waals surface area contributed by atoms with Gasteiger partial charge in [-0.3, -0.25) is 9.80 Å². The lowest BCUT2D eigenvalue weighted by Gasteiger charge is -2.41. The molecule has 0 saturated carbocycles. The molecule has 2 heterocycles. The van der Waals surface area contributed by atoms with Crippen molar-refractivity contribution in [2.24, 2.45) is 0 Å². The van der Waals surface area contributed by atoms with Crippen molar-refractivity contribution in [2.75, 3.05) is 66.6 Å². The third kappa shape index (κ3) is 6.23. The van der Waals surface area contributed by atoms with Gasteiger partial charge in [0.05, 0.1) is 19.8 Å². The smallest absolute Gasteiger partial charge is 0.119 e. The highest BCUT2D eigenvalue weighted by Crippen LogP contribution is 2.21. The van der Waals surface area contributed by atoms with E-state index in [-0.39, 0.29) is 0 Å². The number of benzene rings is 1. The van der Waals surface area contributed by atoms with Crippen molar-refractivity contribution in [3.63, 3.8) is 0 Å². The maximum Gasteiger partial charge on any atom is 0.119 e. The summed E-state index contributed by atoms with van der Waals surface area (Å²) in [5, 5.41) is 0. The lowest BCUT2D eigenvalue weighted by Crippen LogP contribution is -2.51. The number of rotatable bonds is 8. The van der Waals surface area contributed by atoms with Crippen molar-refractivity contribution >= 4 is 0 Å². The summed E-state index contributed by atoms with van der Waals surface area (Å²) in [5.41, 5.74) is 1.36. The van der Waals surface area contributed by atoms with E-state index in [1.807, 2.05) is 0 Å². The molecule has 2 fully saturated rings. The van der Waals surface area contributed by atoms with Crippen LogP contribution in [0.3, 0.4) is 0 Å². The summed E-state index contributed by atoms with van der Waals surface area (Å²) in [7, 11) is 4.20. The first-order valence-corrected chi connectivity index (χ1v) is 10.1. The molecule has 2 saturated heterocycles. The molecule has 1 atom stereocenters. The van der Waals surface area contributed by atoms with Gasteiger partial charge in [-0.1, -0.05) is 12.1 Å². The molecule has 5 heteroatoms. The van der Waals surface area contributed by atoms with Crippen LogP contribution in [-0.2, 0) is 11.3 Å². The van der Waals surface area contributed by atoms with Crippen LogP contribution in [0.5, 0.6) is 5.75 Å². The predicted octanol–water partition coefficient (Wildman–Crippen LogP) is 2.31. The summed E-state index contributed by atoms with van der Waals surface area (Å²) < 4.78 is 11.4. The highest BCUT2D eigenvalue weighted by molar-refractivity contribution is 5.28. The standard InChI is InChI=1S/C21H35N3O2/c1-22(2)9-5-13-26-21-8-3-6-19(16-21)17-23-10-4-7-20(18-23)24-11-14-25-15-12-24/h3,6,8,16,20H,4-5,7,9-15,17-18H2,1-2H3. The van der Waals surface area contributed by atoms with E-state index < -0.39 is 0 Å². The van der Waals surface area contributed by atoms with Gasteiger partial charge in [0.25, 0.3) is 0 Å². The van der Waals surface area contributed by atoms with Gasteiger partial charge in [0, 0.05) is 38.8 Å². The highest BCUT2D eigenvalue weighted by Gasteiger charge is 2.26.